The molecule has 0 aliphatic rings. The van der Waals surface area contributed by atoms with Gasteiger partial charge in [-0.1, -0.05) is 32.0 Å². The van der Waals surface area contributed by atoms with Crippen LogP contribution in [0, 0.1) is 0 Å². The molecule has 25 heavy (non-hydrogen) atoms. The number of hydrogen-bond acceptors (Lipinski definition) is 5. The lowest BCUT2D eigenvalue weighted by molar-refractivity contribution is -0.120. The second-order valence-corrected chi connectivity index (χ2v) is 6.73. The molecule has 1 aromatic carbocycles. The Morgan fingerprint density at radius 1 is 1.28 bits per heavy atom. The summed E-state index contributed by atoms with van der Waals surface area (Å²) in [7, 11) is 0. The Balaban J connectivity index is 0.00000312. The SMILES string of the molecule is CCC(CC)(CN)NC(=O)CSCc1coc(-c2ccccc2)n1.Cl. The largest absolute Gasteiger partial charge is 0.444 e. The molecule has 0 saturated heterocycles. The number of aromatic nitrogens is 1. The van der Waals surface area contributed by atoms with Gasteiger partial charge in [-0.05, 0) is 25.0 Å². The second-order valence-electron chi connectivity index (χ2n) is 5.74. The van der Waals surface area contributed by atoms with Crippen LogP contribution in [0.2, 0.25) is 0 Å². The number of halogens is 1. The van der Waals surface area contributed by atoms with Crippen molar-refractivity contribution in [3.05, 3.63) is 42.3 Å². The van der Waals surface area contributed by atoms with Crippen molar-refractivity contribution in [2.45, 2.75) is 38.0 Å². The molecule has 3 N–H and O–H groups in total. The Morgan fingerprint density at radius 3 is 2.56 bits per heavy atom. The highest BCUT2D eigenvalue weighted by molar-refractivity contribution is 7.99. The fourth-order valence-electron chi connectivity index (χ4n) is 2.43. The molecule has 1 aromatic heterocycles. The van der Waals surface area contributed by atoms with Crippen molar-refractivity contribution in [2.75, 3.05) is 12.3 Å². The summed E-state index contributed by atoms with van der Waals surface area (Å²) in [5, 5.41) is 3.07. The first kappa shape index (κ1) is 21.5. The van der Waals surface area contributed by atoms with Gasteiger partial charge in [0.2, 0.25) is 11.8 Å². The van der Waals surface area contributed by atoms with Crippen LogP contribution in [0.3, 0.4) is 0 Å². The van der Waals surface area contributed by atoms with Gasteiger partial charge >= 0.3 is 0 Å². The molecular weight excluding hydrogens is 358 g/mol. The number of nitrogens with one attached hydrogen (secondary N) is 1. The van der Waals surface area contributed by atoms with Crippen molar-refractivity contribution in [3.63, 3.8) is 0 Å². The Labute approximate surface area is 159 Å². The van der Waals surface area contributed by atoms with E-state index in [1.807, 2.05) is 44.2 Å². The van der Waals surface area contributed by atoms with Gasteiger partial charge in [0.05, 0.1) is 17.0 Å². The van der Waals surface area contributed by atoms with E-state index in [2.05, 4.69) is 10.3 Å². The van der Waals surface area contributed by atoms with Crippen molar-refractivity contribution < 1.29 is 9.21 Å². The molecule has 0 aliphatic carbocycles. The topological polar surface area (TPSA) is 81.1 Å². The first-order valence-electron chi connectivity index (χ1n) is 8.21. The van der Waals surface area contributed by atoms with Crippen LogP contribution in [0.1, 0.15) is 32.4 Å². The van der Waals surface area contributed by atoms with Gasteiger partial charge in [-0.15, -0.1) is 24.2 Å². The van der Waals surface area contributed by atoms with Gasteiger partial charge < -0.3 is 15.5 Å². The Morgan fingerprint density at radius 2 is 1.96 bits per heavy atom. The molecule has 5 nitrogen and oxygen atoms in total. The number of nitrogens with two attached hydrogens (primary N) is 1. The lowest BCUT2D eigenvalue weighted by Gasteiger charge is -2.31. The molecule has 0 aliphatic heterocycles. The first-order valence-corrected chi connectivity index (χ1v) is 9.36. The monoisotopic (exact) mass is 383 g/mol. The van der Waals surface area contributed by atoms with Crippen molar-refractivity contribution in [2.24, 2.45) is 5.73 Å². The summed E-state index contributed by atoms with van der Waals surface area (Å²) in [6.45, 7) is 4.55. The molecule has 0 bridgehead atoms. The fraction of sp³-hybridized carbons (Fsp3) is 0.444. The zero-order valence-electron chi connectivity index (χ0n) is 14.7. The molecule has 0 spiro atoms. The normalized spacial score (nSPS) is 11.0. The standard InChI is InChI=1S/C18H25N3O2S.ClH/c1-3-18(4-2,13-19)21-16(22)12-24-11-15-10-23-17(20-15)14-8-6-5-7-9-14;/h5-10H,3-4,11-13,19H2,1-2H3,(H,21,22);1H. The van der Waals surface area contributed by atoms with Crippen molar-refractivity contribution in [1.29, 1.82) is 0 Å². The lowest BCUT2D eigenvalue weighted by atomic mass is 9.93. The van der Waals surface area contributed by atoms with E-state index in [0.29, 0.717) is 23.9 Å². The average molecular weight is 384 g/mol. The summed E-state index contributed by atoms with van der Waals surface area (Å²) in [5.74, 6) is 1.64. The lowest BCUT2D eigenvalue weighted by Crippen LogP contribution is -2.53. The number of rotatable bonds is 9. The van der Waals surface area contributed by atoms with E-state index >= 15 is 0 Å². The summed E-state index contributed by atoms with van der Waals surface area (Å²) in [6, 6.07) is 9.76. The third-order valence-corrected chi connectivity index (χ3v) is 5.17. The fourth-order valence-corrected chi connectivity index (χ4v) is 3.13. The van der Waals surface area contributed by atoms with Crippen molar-refractivity contribution in [3.8, 4) is 11.5 Å². The van der Waals surface area contributed by atoms with Gasteiger partial charge in [0.1, 0.15) is 6.26 Å². The van der Waals surface area contributed by atoms with E-state index < -0.39 is 0 Å². The molecule has 7 heteroatoms. The van der Waals surface area contributed by atoms with Gasteiger partial charge in [0.15, 0.2) is 0 Å². The van der Waals surface area contributed by atoms with E-state index in [4.69, 9.17) is 10.2 Å². The number of amides is 1. The molecule has 0 fully saturated rings. The molecule has 138 valence electrons. The number of carbonyl (C=O) groups excluding carboxylic acids is 1. The van der Waals surface area contributed by atoms with Crippen molar-refractivity contribution in [1.82, 2.24) is 10.3 Å². The Hall–Kier alpha value is -1.50. The maximum atomic E-state index is 12.1. The molecule has 0 radical (unpaired) electrons. The van der Waals surface area contributed by atoms with Gasteiger partial charge in [-0.25, -0.2) is 4.98 Å². The smallest absolute Gasteiger partial charge is 0.230 e. The summed E-state index contributed by atoms with van der Waals surface area (Å²) in [6.07, 6.45) is 3.32. The summed E-state index contributed by atoms with van der Waals surface area (Å²) in [5.41, 5.74) is 7.31. The van der Waals surface area contributed by atoms with Gasteiger partial charge in [0.25, 0.3) is 0 Å². The van der Waals surface area contributed by atoms with Crippen LogP contribution in [0.4, 0.5) is 0 Å². The number of carbonyl (C=O) groups is 1. The highest BCUT2D eigenvalue weighted by Crippen LogP contribution is 2.20. The molecule has 2 rings (SSSR count). The highest BCUT2D eigenvalue weighted by Gasteiger charge is 2.25. The number of hydrogen-bond donors (Lipinski definition) is 2. The maximum Gasteiger partial charge on any atom is 0.230 e. The van der Waals surface area contributed by atoms with Crippen LogP contribution in [0.15, 0.2) is 41.0 Å². The Kier molecular flexibility index (Phi) is 9.03. The van der Waals surface area contributed by atoms with Gasteiger partial charge in [-0.2, -0.15) is 0 Å². The zero-order valence-corrected chi connectivity index (χ0v) is 16.3. The highest BCUT2D eigenvalue weighted by atomic mass is 35.5. The minimum absolute atomic E-state index is 0. The molecule has 0 unspecified atom stereocenters. The van der Waals surface area contributed by atoms with Gasteiger partial charge in [-0.3, -0.25) is 4.79 Å². The summed E-state index contributed by atoms with van der Waals surface area (Å²) < 4.78 is 5.50. The molecule has 1 heterocycles. The second kappa shape index (κ2) is 10.5. The quantitative estimate of drug-likeness (QED) is 0.691. The molecular formula is C18H26ClN3O2S. The minimum Gasteiger partial charge on any atom is -0.444 e. The van der Waals surface area contributed by atoms with Gasteiger partial charge in [0, 0.05) is 17.9 Å². The van der Waals surface area contributed by atoms with Crippen LogP contribution in [-0.4, -0.2) is 28.7 Å². The predicted octanol–water partition coefficient (Wildman–Crippen LogP) is 3.63. The Bertz CT molecular complexity index is 637. The average Bonchev–Trinajstić information content (AvgIpc) is 3.09. The van der Waals surface area contributed by atoms with Crippen LogP contribution in [-0.2, 0) is 10.5 Å². The minimum atomic E-state index is -0.286. The zero-order chi connectivity index (χ0) is 17.4. The van der Waals surface area contributed by atoms with E-state index in [1.165, 1.54) is 11.8 Å². The van der Waals surface area contributed by atoms with Crippen molar-refractivity contribution >= 4 is 30.1 Å². The van der Waals surface area contributed by atoms with Crippen LogP contribution in [0.5, 0.6) is 0 Å². The molecule has 0 atom stereocenters. The van der Waals surface area contributed by atoms with E-state index in [1.54, 1.807) is 6.26 Å². The molecule has 1 amide bonds. The van der Waals surface area contributed by atoms with Crippen LogP contribution in [0.25, 0.3) is 11.5 Å². The predicted molar refractivity (Wildman–Crippen MR) is 106 cm³/mol. The number of nitrogens with zero attached hydrogens (tertiary/aromatic N) is 1. The third-order valence-electron chi connectivity index (χ3n) is 4.20. The molecule has 0 saturated carbocycles. The van der Waals surface area contributed by atoms with E-state index in [0.717, 1.165) is 24.1 Å². The first-order chi connectivity index (χ1) is 11.6. The third kappa shape index (κ3) is 6.06. The summed E-state index contributed by atoms with van der Waals surface area (Å²) >= 11 is 1.52. The van der Waals surface area contributed by atoms with E-state index in [-0.39, 0.29) is 23.9 Å². The van der Waals surface area contributed by atoms with E-state index in [9.17, 15) is 4.79 Å². The molecule has 2 aromatic rings. The summed E-state index contributed by atoms with van der Waals surface area (Å²) in [4.78, 5) is 16.6. The maximum absolute atomic E-state index is 12.1. The number of benzene rings is 1. The number of oxazole rings is 1. The number of thioether (sulfide) groups is 1. The van der Waals surface area contributed by atoms with Crippen LogP contribution >= 0.6 is 24.2 Å². The van der Waals surface area contributed by atoms with Crippen LogP contribution < -0.4 is 11.1 Å².